The summed E-state index contributed by atoms with van der Waals surface area (Å²) in [6.45, 7) is 7.62. The molecule has 0 aromatic heterocycles. The maximum Gasteiger partial charge on any atom is 0.412 e. The summed E-state index contributed by atoms with van der Waals surface area (Å²) in [6.07, 6.45) is -0.659. The highest BCUT2D eigenvalue weighted by atomic mass is 79.9. The molecule has 8 heteroatoms. The first kappa shape index (κ1) is 20.0. The molecule has 138 valence electrons. The van der Waals surface area contributed by atoms with Crippen molar-refractivity contribution in [2.45, 2.75) is 42.4 Å². The molecule has 25 heavy (non-hydrogen) atoms. The van der Waals surface area contributed by atoms with Crippen LogP contribution in [0.1, 0.15) is 43.6 Å². The molecule has 0 aliphatic carbocycles. The van der Waals surface area contributed by atoms with Gasteiger partial charge in [0.2, 0.25) is 0 Å². The molecule has 1 aromatic rings. The number of carbonyl (C=O) groups is 2. The van der Waals surface area contributed by atoms with Crippen molar-refractivity contribution in [3.8, 4) is 5.75 Å². The molecule has 0 spiro atoms. The number of alkyl halides is 2. The van der Waals surface area contributed by atoms with Crippen LogP contribution in [-0.2, 0) is 13.8 Å². The van der Waals surface area contributed by atoms with Gasteiger partial charge >= 0.3 is 12.1 Å². The molecule has 0 bridgehead atoms. The molecule has 1 aromatic carbocycles. The monoisotopic (exact) mass is 477 g/mol. The van der Waals surface area contributed by atoms with Gasteiger partial charge in [0.15, 0.2) is 0 Å². The summed E-state index contributed by atoms with van der Waals surface area (Å²) in [5.74, 6) is -0.213. The molecule has 0 radical (unpaired) electrons. The average molecular weight is 479 g/mol. The van der Waals surface area contributed by atoms with Gasteiger partial charge in [-0.15, -0.1) is 0 Å². The van der Waals surface area contributed by atoms with E-state index in [0.29, 0.717) is 12.4 Å². The van der Waals surface area contributed by atoms with Gasteiger partial charge in [0.05, 0.1) is 21.9 Å². The van der Waals surface area contributed by atoms with Crippen molar-refractivity contribution in [2.75, 3.05) is 19.0 Å². The van der Waals surface area contributed by atoms with Crippen LogP contribution < -0.4 is 10.1 Å². The summed E-state index contributed by atoms with van der Waals surface area (Å²) in [6, 6.07) is 3.44. The Kier molecular flexibility index (Phi) is 5.73. The Hall–Kier alpha value is -1.28. The lowest BCUT2D eigenvalue weighted by Gasteiger charge is -2.36. The predicted octanol–water partition coefficient (Wildman–Crippen LogP) is 4.59. The second kappa shape index (κ2) is 7.15. The van der Waals surface area contributed by atoms with Gasteiger partial charge in [0.1, 0.15) is 23.5 Å². The second-order valence-corrected chi connectivity index (χ2v) is 9.59. The maximum atomic E-state index is 12.3. The zero-order valence-electron chi connectivity index (χ0n) is 14.7. The molecule has 0 fully saturated rings. The Balaban J connectivity index is 2.49. The zero-order valence-corrected chi connectivity index (χ0v) is 17.9. The summed E-state index contributed by atoms with van der Waals surface area (Å²) in [5.41, 5.74) is 0.570. The molecule has 2 rings (SSSR count). The number of benzene rings is 1. The largest absolute Gasteiger partial charge is 0.491 e. The van der Waals surface area contributed by atoms with Crippen LogP contribution in [0.2, 0.25) is 0 Å². The fourth-order valence-corrected chi connectivity index (χ4v) is 3.24. The minimum Gasteiger partial charge on any atom is -0.491 e. The fourth-order valence-electron chi connectivity index (χ4n) is 2.42. The molecule has 6 nitrogen and oxygen atoms in total. The smallest absolute Gasteiger partial charge is 0.412 e. The zero-order chi connectivity index (χ0) is 19.0. The van der Waals surface area contributed by atoms with Crippen molar-refractivity contribution in [3.05, 3.63) is 23.3 Å². The Bertz CT molecular complexity index is 697. The van der Waals surface area contributed by atoms with Crippen LogP contribution in [0.3, 0.4) is 0 Å². The van der Waals surface area contributed by atoms with Crippen LogP contribution in [0, 0.1) is 0 Å². The van der Waals surface area contributed by atoms with Gasteiger partial charge in [-0.3, -0.25) is 5.32 Å². The number of ether oxygens (including phenoxy) is 3. The third kappa shape index (κ3) is 4.28. The van der Waals surface area contributed by atoms with E-state index in [9.17, 15) is 9.59 Å². The van der Waals surface area contributed by atoms with Gasteiger partial charge in [-0.25, -0.2) is 9.59 Å². The van der Waals surface area contributed by atoms with E-state index in [2.05, 4.69) is 37.2 Å². The number of hydrogen-bond acceptors (Lipinski definition) is 5. The van der Waals surface area contributed by atoms with E-state index in [1.54, 1.807) is 32.9 Å². The summed E-state index contributed by atoms with van der Waals surface area (Å²) in [4.78, 5) is 24.5. The average Bonchev–Trinajstić information content (AvgIpc) is 2.48. The van der Waals surface area contributed by atoms with Crippen LogP contribution in [0.5, 0.6) is 5.75 Å². The lowest BCUT2D eigenvalue weighted by molar-refractivity contribution is 0.0596. The topological polar surface area (TPSA) is 73.9 Å². The van der Waals surface area contributed by atoms with E-state index in [-0.39, 0.29) is 16.1 Å². The first-order valence-electron chi connectivity index (χ1n) is 7.69. The standard InChI is InChI=1S/C17H21Br2NO5/c1-16(2,3)25-15(22)20-10-7-6-9-13(12(10)14(21)23-5)24-8-11(18)17(9,4)19/h6-7,11H,8H2,1-5H3,(H,20,22). The molecule has 1 N–H and O–H groups in total. The number of anilines is 1. The van der Waals surface area contributed by atoms with Crippen LogP contribution >= 0.6 is 31.9 Å². The quantitative estimate of drug-likeness (QED) is 0.497. The Morgan fingerprint density at radius 1 is 1.36 bits per heavy atom. The van der Waals surface area contributed by atoms with Crippen molar-refractivity contribution < 1.29 is 23.8 Å². The molecule has 0 saturated carbocycles. The highest BCUT2D eigenvalue weighted by Gasteiger charge is 2.41. The molecular weight excluding hydrogens is 458 g/mol. The number of rotatable bonds is 2. The highest BCUT2D eigenvalue weighted by Crippen LogP contribution is 2.49. The van der Waals surface area contributed by atoms with Crippen LogP contribution in [-0.4, -0.2) is 36.2 Å². The van der Waals surface area contributed by atoms with Crippen LogP contribution in [0.4, 0.5) is 10.5 Å². The van der Waals surface area contributed by atoms with Crippen molar-refractivity contribution in [3.63, 3.8) is 0 Å². The van der Waals surface area contributed by atoms with Gasteiger partial charge in [-0.05, 0) is 33.8 Å². The molecular formula is C17H21Br2NO5. The first-order valence-corrected chi connectivity index (χ1v) is 9.40. The van der Waals surface area contributed by atoms with Gasteiger partial charge in [0.25, 0.3) is 0 Å². The fraction of sp³-hybridized carbons (Fsp3) is 0.529. The van der Waals surface area contributed by atoms with E-state index in [1.165, 1.54) is 7.11 Å². The molecule has 0 saturated heterocycles. The summed E-state index contributed by atoms with van der Waals surface area (Å²) >= 11 is 7.26. The SMILES string of the molecule is COC(=O)c1c(NC(=O)OC(C)(C)C)ccc2c1OCC(Br)C2(C)Br. The van der Waals surface area contributed by atoms with Crippen molar-refractivity contribution in [2.24, 2.45) is 0 Å². The van der Waals surface area contributed by atoms with E-state index in [4.69, 9.17) is 14.2 Å². The number of halogens is 2. The Morgan fingerprint density at radius 3 is 2.56 bits per heavy atom. The highest BCUT2D eigenvalue weighted by molar-refractivity contribution is 9.12. The Labute approximate surface area is 163 Å². The second-order valence-electron chi connectivity index (χ2n) is 6.84. The molecule has 2 atom stereocenters. The minimum absolute atomic E-state index is 0.0164. The number of methoxy groups -OCH3 is 1. The summed E-state index contributed by atoms with van der Waals surface area (Å²) < 4.78 is 15.5. The number of nitrogens with one attached hydrogen (secondary N) is 1. The van der Waals surface area contributed by atoms with E-state index in [0.717, 1.165) is 5.56 Å². The first-order chi connectivity index (χ1) is 11.5. The van der Waals surface area contributed by atoms with Gasteiger partial charge < -0.3 is 14.2 Å². The normalized spacial score (nSPS) is 22.4. The maximum absolute atomic E-state index is 12.3. The van der Waals surface area contributed by atoms with E-state index in [1.807, 2.05) is 6.92 Å². The minimum atomic E-state index is -0.659. The van der Waals surface area contributed by atoms with Gasteiger partial charge in [0, 0.05) is 5.56 Å². The van der Waals surface area contributed by atoms with E-state index < -0.39 is 22.0 Å². The number of amides is 1. The molecule has 1 heterocycles. The van der Waals surface area contributed by atoms with Gasteiger partial charge in [-0.2, -0.15) is 0 Å². The number of fused-ring (bicyclic) bond motifs is 1. The van der Waals surface area contributed by atoms with Crippen molar-refractivity contribution >= 4 is 49.6 Å². The Morgan fingerprint density at radius 2 is 2.00 bits per heavy atom. The molecule has 2 unspecified atom stereocenters. The van der Waals surface area contributed by atoms with Gasteiger partial charge in [-0.1, -0.05) is 37.9 Å². The number of hydrogen-bond donors (Lipinski definition) is 1. The van der Waals surface area contributed by atoms with Crippen molar-refractivity contribution in [1.82, 2.24) is 0 Å². The van der Waals surface area contributed by atoms with Crippen LogP contribution in [0.25, 0.3) is 0 Å². The third-order valence-electron chi connectivity index (χ3n) is 3.67. The number of esters is 1. The summed E-state index contributed by atoms with van der Waals surface area (Å²) in [5, 5.41) is 2.60. The van der Waals surface area contributed by atoms with Crippen LogP contribution in [0.15, 0.2) is 12.1 Å². The number of carbonyl (C=O) groups excluding carboxylic acids is 2. The van der Waals surface area contributed by atoms with E-state index >= 15 is 0 Å². The summed E-state index contributed by atoms with van der Waals surface area (Å²) in [7, 11) is 1.28. The molecule has 1 aliphatic heterocycles. The lowest BCUT2D eigenvalue weighted by Crippen LogP contribution is -2.37. The third-order valence-corrected chi connectivity index (χ3v) is 6.45. The predicted molar refractivity (Wildman–Crippen MR) is 102 cm³/mol. The molecule has 1 amide bonds. The lowest BCUT2D eigenvalue weighted by atomic mass is 9.91. The van der Waals surface area contributed by atoms with Crippen molar-refractivity contribution in [1.29, 1.82) is 0 Å². The molecule has 1 aliphatic rings.